The van der Waals surface area contributed by atoms with Crippen LogP contribution < -0.4 is 0 Å². The highest BCUT2D eigenvalue weighted by atomic mass is 32.2. The third kappa shape index (κ3) is 2.61. The standard InChI is InChI=1S/C12H14N2O6S/c1-8-4-2-5-9(14(17)18)11(8)21(19,20)13-7-3-6-10(13)12(15)16/h2,4-5,10H,3,6-7H2,1H3,(H,15,16)/t10-/m0/s1. The molecular weight excluding hydrogens is 300 g/mol. The lowest BCUT2D eigenvalue weighted by Crippen LogP contribution is -2.40. The molecule has 9 heteroatoms. The van der Waals surface area contributed by atoms with E-state index in [0.717, 1.165) is 10.4 Å². The van der Waals surface area contributed by atoms with Crippen LogP contribution in [0.3, 0.4) is 0 Å². The van der Waals surface area contributed by atoms with Gasteiger partial charge in [0, 0.05) is 12.6 Å². The van der Waals surface area contributed by atoms with Gasteiger partial charge in [0.05, 0.1) is 4.92 Å². The van der Waals surface area contributed by atoms with Crippen molar-refractivity contribution in [1.82, 2.24) is 4.31 Å². The molecule has 1 saturated heterocycles. The Hall–Kier alpha value is -2.00. The number of nitro benzene ring substituents is 1. The number of carbonyl (C=O) groups is 1. The highest BCUT2D eigenvalue weighted by Crippen LogP contribution is 2.33. The summed E-state index contributed by atoms with van der Waals surface area (Å²) in [6.07, 6.45) is 0.615. The smallest absolute Gasteiger partial charge is 0.322 e. The third-order valence-corrected chi connectivity index (χ3v) is 5.54. The highest BCUT2D eigenvalue weighted by molar-refractivity contribution is 7.89. The van der Waals surface area contributed by atoms with Crippen molar-refractivity contribution in [2.24, 2.45) is 0 Å². The van der Waals surface area contributed by atoms with Gasteiger partial charge < -0.3 is 5.11 Å². The first kappa shape index (κ1) is 15.4. The Kier molecular flexibility index (Phi) is 3.97. The van der Waals surface area contributed by atoms with Crippen LogP contribution in [0.15, 0.2) is 23.1 Å². The first-order valence-corrected chi connectivity index (χ1v) is 7.69. The largest absolute Gasteiger partial charge is 0.480 e. The van der Waals surface area contributed by atoms with Crippen molar-refractivity contribution in [3.05, 3.63) is 33.9 Å². The van der Waals surface area contributed by atoms with Crippen molar-refractivity contribution in [3.8, 4) is 0 Å². The lowest BCUT2D eigenvalue weighted by Gasteiger charge is -2.21. The summed E-state index contributed by atoms with van der Waals surface area (Å²) >= 11 is 0. The lowest BCUT2D eigenvalue weighted by atomic mass is 10.2. The molecule has 21 heavy (non-hydrogen) atoms. The van der Waals surface area contributed by atoms with E-state index in [2.05, 4.69) is 0 Å². The maximum absolute atomic E-state index is 12.7. The van der Waals surface area contributed by atoms with Crippen molar-refractivity contribution in [1.29, 1.82) is 0 Å². The number of aryl methyl sites for hydroxylation is 1. The van der Waals surface area contributed by atoms with Crippen molar-refractivity contribution in [2.75, 3.05) is 6.54 Å². The second-order valence-corrected chi connectivity index (χ2v) is 6.62. The Morgan fingerprint density at radius 1 is 1.48 bits per heavy atom. The van der Waals surface area contributed by atoms with E-state index in [0.29, 0.717) is 6.42 Å². The molecule has 1 N–H and O–H groups in total. The zero-order valence-electron chi connectivity index (χ0n) is 11.2. The number of sulfonamides is 1. The first-order chi connectivity index (χ1) is 9.76. The number of benzene rings is 1. The topological polar surface area (TPSA) is 118 Å². The zero-order chi connectivity index (χ0) is 15.8. The summed E-state index contributed by atoms with van der Waals surface area (Å²) in [7, 11) is -4.23. The highest BCUT2D eigenvalue weighted by Gasteiger charge is 2.42. The molecule has 0 unspecified atom stereocenters. The molecule has 1 aliphatic rings. The minimum atomic E-state index is -4.23. The van der Waals surface area contributed by atoms with Crippen LogP contribution in [0.4, 0.5) is 5.69 Å². The number of nitro groups is 1. The molecule has 0 radical (unpaired) electrons. The van der Waals surface area contributed by atoms with E-state index in [4.69, 9.17) is 5.11 Å². The number of carboxylic acid groups (broad SMARTS) is 1. The number of rotatable bonds is 4. The van der Waals surface area contributed by atoms with Crippen LogP contribution in [0.25, 0.3) is 0 Å². The van der Waals surface area contributed by atoms with Gasteiger partial charge in [0.2, 0.25) is 0 Å². The predicted octanol–water partition coefficient (Wildman–Crippen LogP) is 1.14. The minimum absolute atomic E-state index is 0.0464. The monoisotopic (exact) mass is 314 g/mol. The number of hydrogen-bond acceptors (Lipinski definition) is 5. The molecule has 1 atom stereocenters. The van der Waals surface area contributed by atoms with Gasteiger partial charge in [-0.1, -0.05) is 12.1 Å². The van der Waals surface area contributed by atoms with Crippen LogP contribution in [0, 0.1) is 17.0 Å². The molecule has 0 spiro atoms. The van der Waals surface area contributed by atoms with E-state index in [1.807, 2.05) is 0 Å². The maximum atomic E-state index is 12.7. The molecule has 114 valence electrons. The summed E-state index contributed by atoms with van der Waals surface area (Å²) in [4.78, 5) is 21.0. The van der Waals surface area contributed by atoms with E-state index in [9.17, 15) is 23.3 Å². The van der Waals surface area contributed by atoms with E-state index >= 15 is 0 Å². The normalized spacial score (nSPS) is 19.6. The lowest BCUT2D eigenvalue weighted by molar-refractivity contribution is -0.387. The predicted molar refractivity (Wildman–Crippen MR) is 72.4 cm³/mol. The summed E-state index contributed by atoms with van der Waals surface area (Å²) < 4.78 is 26.1. The van der Waals surface area contributed by atoms with Gasteiger partial charge in [0.25, 0.3) is 15.7 Å². The van der Waals surface area contributed by atoms with E-state index in [1.165, 1.54) is 19.1 Å². The summed E-state index contributed by atoms with van der Waals surface area (Å²) in [5.74, 6) is -1.24. The maximum Gasteiger partial charge on any atom is 0.322 e. The third-order valence-electron chi connectivity index (χ3n) is 3.44. The van der Waals surface area contributed by atoms with Crippen molar-refractivity contribution >= 4 is 21.7 Å². The van der Waals surface area contributed by atoms with Gasteiger partial charge in [0.15, 0.2) is 4.90 Å². The van der Waals surface area contributed by atoms with Gasteiger partial charge in [-0.15, -0.1) is 0 Å². The average molecular weight is 314 g/mol. The van der Waals surface area contributed by atoms with Gasteiger partial charge in [-0.3, -0.25) is 14.9 Å². The van der Waals surface area contributed by atoms with Gasteiger partial charge in [-0.25, -0.2) is 8.42 Å². The Morgan fingerprint density at radius 2 is 2.14 bits per heavy atom. The number of nitrogens with zero attached hydrogens (tertiary/aromatic N) is 2. The molecule has 0 saturated carbocycles. The van der Waals surface area contributed by atoms with Crippen LogP contribution >= 0.6 is 0 Å². The Bertz CT molecular complexity index is 700. The molecule has 0 aliphatic carbocycles. The summed E-state index contributed by atoms with van der Waals surface area (Å²) in [6.45, 7) is 1.50. The second-order valence-electron chi connectivity index (χ2n) is 4.79. The van der Waals surface area contributed by atoms with Crippen LogP contribution in [-0.4, -0.2) is 41.3 Å². The van der Waals surface area contributed by atoms with Gasteiger partial charge in [-0.05, 0) is 25.3 Å². The first-order valence-electron chi connectivity index (χ1n) is 6.25. The molecular formula is C12H14N2O6S. The molecule has 1 aromatic rings. The fraction of sp³-hybridized carbons (Fsp3) is 0.417. The number of hydrogen-bond donors (Lipinski definition) is 1. The quantitative estimate of drug-likeness (QED) is 0.657. The minimum Gasteiger partial charge on any atom is -0.480 e. The van der Waals surface area contributed by atoms with Gasteiger partial charge in [-0.2, -0.15) is 4.31 Å². The van der Waals surface area contributed by atoms with Crippen LogP contribution in [-0.2, 0) is 14.8 Å². The fourth-order valence-electron chi connectivity index (χ4n) is 2.51. The molecule has 1 fully saturated rings. The molecule has 0 bridgehead atoms. The molecule has 2 rings (SSSR count). The fourth-order valence-corrected chi connectivity index (χ4v) is 4.52. The number of carboxylic acids is 1. The molecule has 8 nitrogen and oxygen atoms in total. The Morgan fingerprint density at radius 3 is 2.71 bits per heavy atom. The molecule has 1 heterocycles. The van der Waals surface area contributed by atoms with Gasteiger partial charge >= 0.3 is 5.97 Å². The molecule has 0 aromatic heterocycles. The van der Waals surface area contributed by atoms with E-state index in [1.54, 1.807) is 0 Å². The Labute approximate surface area is 121 Å². The molecule has 1 aromatic carbocycles. The van der Waals surface area contributed by atoms with Gasteiger partial charge in [0.1, 0.15) is 6.04 Å². The second kappa shape index (κ2) is 5.41. The van der Waals surface area contributed by atoms with Crippen LogP contribution in [0.2, 0.25) is 0 Å². The molecule has 1 aliphatic heterocycles. The Balaban J connectivity index is 2.60. The average Bonchev–Trinajstić information content (AvgIpc) is 2.88. The SMILES string of the molecule is Cc1cccc([N+](=O)[O-])c1S(=O)(=O)N1CCC[C@H]1C(=O)O. The van der Waals surface area contributed by atoms with Crippen molar-refractivity contribution in [3.63, 3.8) is 0 Å². The van der Waals surface area contributed by atoms with Crippen LogP contribution in [0.5, 0.6) is 0 Å². The van der Waals surface area contributed by atoms with Crippen LogP contribution in [0.1, 0.15) is 18.4 Å². The van der Waals surface area contributed by atoms with Crippen molar-refractivity contribution < 1.29 is 23.2 Å². The summed E-state index contributed by atoms with van der Waals surface area (Å²) in [6, 6.07) is 2.77. The zero-order valence-corrected chi connectivity index (χ0v) is 12.0. The summed E-state index contributed by atoms with van der Waals surface area (Å²) in [5.41, 5.74) is -0.314. The van der Waals surface area contributed by atoms with Crippen molar-refractivity contribution in [2.45, 2.75) is 30.7 Å². The van der Waals surface area contributed by atoms with E-state index in [-0.39, 0.29) is 18.5 Å². The molecule has 0 amide bonds. The number of aliphatic carboxylic acids is 1. The summed E-state index contributed by atoms with van der Waals surface area (Å²) in [5, 5.41) is 20.2. The van der Waals surface area contributed by atoms with E-state index < -0.39 is 37.5 Å².